The lowest BCUT2D eigenvalue weighted by atomic mass is 10.0. The van der Waals surface area contributed by atoms with Gasteiger partial charge in [-0.2, -0.15) is 4.98 Å². The zero-order chi connectivity index (χ0) is 28.0. The van der Waals surface area contributed by atoms with E-state index in [1.807, 2.05) is 6.07 Å². The zero-order valence-electron chi connectivity index (χ0n) is 22.2. The molecular weight excluding hydrogens is 525 g/mol. The van der Waals surface area contributed by atoms with E-state index < -0.39 is 17.7 Å². The first-order chi connectivity index (χ1) is 18.6. The number of aromatic nitrogens is 2. The van der Waals surface area contributed by atoms with Gasteiger partial charge in [0.2, 0.25) is 11.7 Å². The Labute approximate surface area is 232 Å². The molecule has 1 saturated heterocycles. The lowest BCUT2D eigenvalue weighted by Crippen LogP contribution is -2.46. The normalized spacial score (nSPS) is 16.1. The SMILES string of the molecule is CC(C)(C)OC(=O)N[C@@H](CC(=O)N1CCCC1CNc1nc(-c2cccc(Cl)c2)no1)Cc1ccccc1F. The second kappa shape index (κ2) is 12.5. The Bertz CT molecular complexity index is 1290. The van der Waals surface area contributed by atoms with Gasteiger partial charge in [-0.3, -0.25) is 4.79 Å². The molecular formula is C28H33ClFN5O4. The summed E-state index contributed by atoms with van der Waals surface area (Å²) in [4.78, 5) is 32.0. The molecule has 1 aliphatic rings. The second-order valence-electron chi connectivity index (χ2n) is 10.5. The summed E-state index contributed by atoms with van der Waals surface area (Å²) in [5, 5.41) is 10.5. The van der Waals surface area contributed by atoms with Crippen LogP contribution in [0.25, 0.3) is 11.4 Å². The van der Waals surface area contributed by atoms with Crippen LogP contribution >= 0.6 is 11.6 Å². The number of hydrogen-bond acceptors (Lipinski definition) is 7. The molecule has 0 spiro atoms. The predicted octanol–water partition coefficient (Wildman–Crippen LogP) is 5.46. The molecule has 1 aliphatic heterocycles. The van der Waals surface area contributed by atoms with Gasteiger partial charge in [0.1, 0.15) is 11.4 Å². The molecule has 1 aromatic heterocycles. The standard InChI is InChI=1S/C28H33ClFN5O4/c1-28(2,3)38-27(37)32-21(15-18-8-4-5-12-23(18)30)16-24(36)35-13-7-11-22(35)17-31-26-33-25(34-39-26)19-9-6-10-20(29)14-19/h4-6,8-10,12,14,21-22H,7,11,13,15-17H2,1-3H3,(H,32,37)(H,31,33,34)/t21-,22?/m1/s1. The Morgan fingerprint density at radius 2 is 2.03 bits per heavy atom. The van der Waals surface area contributed by atoms with Gasteiger partial charge in [0, 0.05) is 42.2 Å². The first-order valence-corrected chi connectivity index (χ1v) is 13.3. The number of carbonyl (C=O) groups is 2. The summed E-state index contributed by atoms with van der Waals surface area (Å²) < 4.78 is 25.1. The molecule has 0 bridgehead atoms. The molecule has 208 valence electrons. The van der Waals surface area contributed by atoms with Crippen molar-refractivity contribution in [1.29, 1.82) is 0 Å². The third-order valence-corrected chi connectivity index (χ3v) is 6.50. The number of carbonyl (C=O) groups excluding carboxylic acids is 2. The molecule has 4 rings (SSSR count). The van der Waals surface area contributed by atoms with Crippen LogP contribution in [0.2, 0.25) is 5.02 Å². The quantitative estimate of drug-likeness (QED) is 0.359. The minimum absolute atomic E-state index is 0.00352. The Balaban J connectivity index is 1.39. The van der Waals surface area contributed by atoms with Gasteiger partial charge in [-0.15, -0.1) is 0 Å². The van der Waals surface area contributed by atoms with Gasteiger partial charge in [0.25, 0.3) is 0 Å². The second-order valence-corrected chi connectivity index (χ2v) is 11.0. The van der Waals surface area contributed by atoms with Crippen molar-refractivity contribution in [3.8, 4) is 11.4 Å². The van der Waals surface area contributed by atoms with E-state index in [0.717, 1.165) is 18.4 Å². The van der Waals surface area contributed by atoms with Crippen LogP contribution in [0.4, 0.5) is 15.2 Å². The molecule has 1 unspecified atom stereocenters. The molecule has 0 aliphatic carbocycles. The highest BCUT2D eigenvalue weighted by molar-refractivity contribution is 6.30. The number of amides is 2. The van der Waals surface area contributed by atoms with E-state index in [4.69, 9.17) is 20.9 Å². The first-order valence-electron chi connectivity index (χ1n) is 12.9. The number of rotatable bonds is 9. The molecule has 2 heterocycles. The topological polar surface area (TPSA) is 110 Å². The molecule has 0 radical (unpaired) electrons. The molecule has 2 aromatic carbocycles. The van der Waals surface area contributed by atoms with Crippen LogP contribution in [0.3, 0.4) is 0 Å². The molecule has 39 heavy (non-hydrogen) atoms. The fraction of sp³-hybridized carbons (Fsp3) is 0.429. The number of benzene rings is 2. The van der Waals surface area contributed by atoms with Crippen molar-refractivity contribution in [1.82, 2.24) is 20.4 Å². The largest absolute Gasteiger partial charge is 0.444 e. The van der Waals surface area contributed by atoms with Gasteiger partial charge in [-0.05, 0) is 63.8 Å². The summed E-state index contributed by atoms with van der Waals surface area (Å²) in [5.74, 6) is -0.119. The van der Waals surface area contributed by atoms with Crippen LogP contribution < -0.4 is 10.6 Å². The minimum Gasteiger partial charge on any atom is -0.444 e. The number of hydrogen-bond donors (Lipinski definition) is 2. The van der Waals surface area contributed by atoms with Gasteiger partial charge >= 0.3 is 12.1 Å². The Morgan fingerprint density at radius 1 is 1.23 bits per heavy atom. The van der Waals surface area contributed by atoms with Crippen molar-refractivity contribution in [2.45, 2.75) is 64.1 Å². The fourth-order valence-corrected chi connectivity index (χ4v) is 4.72. The highest BCUT2D eigenvalue weighted by Crippen LogP contribution is 2.23. The molecule has 3 aromatic rings. The monoisotopic (exact) mass is 557 g/mol. The summed E-state index contributed by atoms with van der Waals surface area (Å²) in [5.41, 5.74) is 0.442. The number of nitrogens with one attached hydrogen (secondary N) is 2. The van der Waals surface area contributed by atoms with E-state index >= 15 is 0 Å². The van der Waals surface area contributed by atoms with E-state index in [0.29, 0.717) is 29.5 Å². The minimum atomic E-state index is -0.705. The fourth-order valence-electron chi connectivity index (χ4n) is 4.53. The van der Waals surface area contributed by atoms with Crippen LogP contribution in [0.15, 0.2) is 53.1 Å². The predicted molar refractivity (Wildman–Crippen MR) is 146 cm³/mol. The summed E-state index contributed by atoms with van der Waals surface area (Å²) in [6, 6.07) is 13.0. The zero-order valence-corrected chi connectivity index (χ0v) is 23.0. The molecule has 2 amide bonds. The molecule has 2 N–H and O–H groups in total. The van der Waals surface area contributed by atoms with E-state index in [1.54, 1.807) is 62.1 Å². The number of nitrogens with zero attached hydrogens (tertiary/aromatic N) is 3. The van der Waals surface area contributed by atoms with E-state index in [9.17, 15) is 14.0 Å². The average molecular weight is 558 g/mol. The summed E-state index contributed by atoms with van der Waals surface area (Å²) in [6.07, 6.45) is 1.15. The number of ether oxygens (including phenoxy) is 1. The van der Waals surface area contributed by atoms with Crippen molar-refractivity contribution in [2.75, 3.05) is 18.4 Å². The number of anilines is 1. The van der Waals surface area contributed by atoms with E-state index in [1.165, 1.54) is 6.07 Å². The summed E-state index contributed by atoms with van der Waals surface area (Å²) in [6.45, 7) is 6.27. The lowest BCUT2D eigenvalue weighted by Gasteiger charge is -2.28. The van der Waals surface area contributed by atoms with Crippen LogP contribution in [-0.2, 0) is 16.0 Å². The molecule has 0 saturated carbocycles. The summed E-state index contributed by atoms with van der Waals surface area (Å²) >= 11 is 6.05. The van der Waals surface area contributed by atoms with Gasteiger partial charge in [-0.25, -0.2) is 9.18 Å². The van der Waals surface area contributed by atoms with Gasteiger partial charge < -0.3 is 24.8 Å². The Hall–Kier alpha value is -3.66. The third kappa shape index (κ3) is 8.16. The average Bonchev–Trinajstić information content (AvgIpc) is 3.52. The van der Waals surface area contributed by atoms with E-state index in [2.05, 4.69) is 20.8 Å². The van der Waals surface area contributed by atoms with Crippen molar-refractivity contribution >= 4 is 29.6 Å². The number of halogens is 2. The van der Waals surface area contributed by atoms with Gasteiger partial charge in [0.05, 0.1) is 0 Å². The first kappa shape index (κ1) is 28.4. The van der Waals surface area contributed by atoms with Crippen molar-refractivity contribution in [3.05, 3.63) is 64.9 Å². The lowest BCUT2D eigenvalue weighted by molar-refractivity contribution is -0.132. The maximum Gasteiger partial charge on any atom is 0.407 e. The third-order valence-electron chi connectivity index (χ3n) is 6.26. The van der Waals surface area contributed by atoms with Crippen molar-refractivity contribution < 1.29 is 23.2 Å². The van der Waals surface area contributed by atoms with Gasteiger partial charge in [0.15, 0.2) is 0 Å². The van der Waals surface area contributed by atoms with Crippen LogP contribution in [0.5, 0.6) is 0 Å². The van der Waals surface area contributed by atoms with Crippen LogP contribution in [0.1, 0.15) is 45.6 Å². The summed E-state index contributed by atoms with van der Waals surface area (Å²) in [7, 11) is 0. The van der Waals surface area contributed by atoms with Gasteiger partial charge in [-0.1, -0.05) is 47.1 Å². The van der Waals surface area contributed by atoms with Crippen molar-refractivity contribution in [2.24, 2.45) is 0 Å². The van der Waals surface area contributed by atoms with Crippen LogP contribution in [-0.4, -0.2) is 57.8 Å². The maximum absolute atomic E-state index is 14.4. The Morgan fingerprint density at radius 3 is 2.77 bits per heavy atom. The smallest absolute Gasteiger partial charge is 0.407 e. The van der Waals surface area contributed by atoms with E-state index in [-0.39, 0.29) is 36.6 Å². The number of likely N-dealkylation sites (tertiary alicyclic amines) is 1. The highest BCUT2D eigenvalue weighted by Gasteiger charge is 2.31. The van der Waals surface area contributed by atoms with Crippen LogP contribution in [0, 0.1) is 5.82 Å². The molecule has 1 fully saturated rings. The number of alkyl carbamates (subject to hydrolysis) is 1. The molecule has 9 nitrogen and oxygen atoms in total. The highest BCUT2D eigenvalue weighted by atomic mass is 35.5. The maximum atomic E-state index is 14.4. The molecule has 2 atom stereocenters. The molecule has 11 heteroatoms. The Kier molecular flexibility index (Phi) is 9.06. The van der Waals surface area contributed by atoms with Crippen molar-refractivity contribution in [3.63, 3.8) is 0 Å².